The first-order chi connectivity index (χ1) is 16.6. The molecule has 2 N–H and O–H groups in total. The lowest BCUT2D eigenvalue weighted by molar-refractivity contribution is -0.155. The second-order valence-corrected chi connectivity index (χ2v) is 11.3. The van der Waals surface area contributed by atoms with Crippen molar-refractivity contribution in [3.8, 4) is 5.75 Å². The minimum atomic E-state index is -0.931. The van der Waals surface area contributed by atoms with Crippen LogP contribution < -0.4 is 10.5 Å². The Kier molecular flexibility index (Phi) is 7.85. The second-order valence-electron chi connectivity index (χ2n) is 11.3. The van der Waals surface area contributed by atoms with E-state index in [2.05, 4.69) is 0 Å². The SMILES string of the molecule is CC(C)(C)OC(=O)CC[C@@H](C(N)=O)N1Cc2cc(O[C@H]3CCN(C(=O)OC(C)(C)C)C3)ccc2C1=O. The average Bonchev–Trinajstić information content (AvgIpc) is 3.30. The fraction of sp³-hybridized carbons (Fsp3) is 0.615. The zero-order chi connectivity index (χ0) is 26.8. The van der Waals surface area contributed by atoms with E-state index in [1.165, 1.54) is 4.90 Å². The molecular weight excluding hydrogens is 466 g/mol. The van der Waals surface area contributed by atoms with Crippen LogP contribution in [-0.2, 0) is 25.6 Å². The Hall–Kier alpha value is -3.30. The van der Waals surface area contributed by atoms with Crippen molar-refractivity contribution >= 4 is 23.9 Å². The van der Waals surface area contributed by atoms with Crippen LogP contribution in [0.5, 0.6) is 5.75 Å². The molecule has 0 aliphatic carbocycles. The van der Waals surface area contributed by atoms with Gasteiger partial charge in [-0.25, -0.2) is 4.79 Å². The van der Waals surface area contributed by atoms with Gasteiger partial charge in [-0.05, 0) is 71.7 Å². The first kappa shape index (κ1) is 27.3. The van der Waals surface area contributed by atoms with Crippen LogP contribution in [0.15, 0.2) is 18.2 Å². The average molecular weight is 504 g/mol. The summed E-state index contributed by atoms with van der Waals surface area (Å²) in [5.74, 6) is -0.875. The quantitative estimate of drug-likeness (QED) is 0.566. The fourth-order valence-electron chi connectivity index (χ4n) is 4.25. The molecule has 1 aromatic rings. The van der Waals surface area contributed by atoms with Crippen molar-refractivity contribution in [3.05, 3.63) is 29.3 Å². The fourth-order valence-corrected chi connectivity index (χ4v) is 4.25. The van der Waals surface area contributed by atoms with Crippen LogP contribution in [-0.4, -0.2) is 70.1 Å². The third-order valence-corrected chi connectivity index (χ3v) is 5.75. The molecule has 2 atom stereocenters. The smallest absolute Gasteiger partial charge is 0.410 e. The molecular formula is C26H37N3O7. The van der Waals surface area contributed by atoms with Crippen LogP contribution in [0.2, 0.25) is 0 Å². The number of fused-ring (bicyclic) bond motifs is 1. The molecule has 2 heterocycles. The highest BCUT2D eigenvalue weighted by atomic mass is 16.6. The van der Waals surface area contributed by atoms with Gasteiger partial charge >= 0.3 is 12.1 Å². The lowest BCUT2D eigenvalue weighted by atomic mass is 10.1. The van der Waals surface area contributed by atoms with Gasteiger partial charge in [0, 0.05) is 31.5 Å². The number of likely N-dealkylation sites (tertiary alicyclic amines) is 1. The lowest BCUT2D eigenvalue weighted by Crippen LogP contribution is -2.45. The molecule has 0 spiro atoms. The molecule has 2 aliphatic rings. The van der Waals surface area contributed by atoms with Crippen LogP contribution >= 0.6 is 0 Å². The summed E-state index contributed by atoms with van der Waals surface area (Å²) in [6, 6.07) is 4.21. The summed E-state index contributed by atoms with van der Waals surface area (Å²) in [6.07, 6.45) is 0.143. The van der Waals surface area contributed by atoms with Crippen LogP contribution in [0.3, 0.4) is 0 Å². The molecule has 0 saturated carbocycles. The van der Waals surface area contributed by atoms with Crippen molar-refractivity contribution < 1.29 is 33.4 Å². The zero-order valence-corrected chi connectivity index (χ0v) is 22.0. The number of hydrogen-bond donors (Lipinski definition) is 1. The Balaban J connectivity index is 1.62. The standard InChI is InChI=1S/C26H37N3O7/c1-25(2,3)35-21(30)10-9-20(22(27)31)29-14-16-13-17(7-8-19(16)23(29)32)34-18-11-12-28(15-18)24(33)36-26(4,5)6/h7-8,13,18,20H,9-12,14-15H2,1-6H3,(H2,27,31)/t18-,20-/m0/s1. The number of esters is 1. The van der Waals surface area contributed by atoms with Gasteiger partial charge in [0.05, 0.1) is 6.54 Å². The number of ether oxygens (including phenoxy) is 3. The van der Waals surface area contributed by atoms with Gasteiger partial charge in [0.15, 0.2) is 0 Å². The van der Waals surface area contributed by atoms with Crippen molar-refractivity contribution in [3.63, 3.8) is 0 Å². The molecule has 3 rings (SSSR count). The van der Waals surface area contributed by atoms with E-state index in [1.807, 2.05) is 20.8 Å². The monoisotopic (exact) mass is 503 g/mol. The number of nitrogens with two attached hydrogens (primary N) is 1. The molecule has 1 aromatic carbocycles. The van der Waals surface area contributed by atoms with Crippen molar-refractivity contribution in [2.75, 3.05) is 13.1 Å². The van der Waals surface area contributed by atoms with E-state index in [1.54, 1.807) is 43.9 Å². The molecule has 0 bridgehead atoms. The number of carbonyl (C=O) groups is 4. The molecule has 36 heavy (non-hydrogen) atoms. The lowest BCUT2D eigenvalue weighted by Gasteiger charge is -2.25. The molecule has 0 unspecified atom stereocenters. The molecule has 3 amide bonds. The van der Waals surface area contributed by atoms with Crippen LogP contribution in [0.25, 0.3) is 0 Å². The molecule has 10 heteroatoms. The molecule has 1 fully saturated rings. The van der Waals surface area contributed by atoms with E-state index < -0.39 is 29.1 Å². The highest BCUT2D eigenvalue weighted by molar-refractivity contribution is 6.01. The van der Waals surface area contributed by atoms with E-state index in [-0.39, 0.29) is 37.5 Å². The van der Waals surface area contributed by atoms with Crippen molar-refractivity contribution in [2.45, 2.75) is 90.7 Å². The minimum absolute atomic E-state index is 0.0325. The van der Waals surface area contributed by atoms with Gasteiger partial charge in [-0.2, -0.15) is 0 Å². The number of rotatable bonds is 7. The van der Waals surface area contributed by atoms with Crippen LogP contribution in [0.1, 0.15) is 76.7 Å². The third kappa shape index (κ3) is 7.11. The third-order valence-electron chi connectivity index (χ3n) is 5.75. The second kappa shape index (κ2) is 10.4. The van der Waals surface area contributed by atoms with Crippen molar-refractivity contribution in [1.82, 2.24) is 9.80 Å². The van der Waals surface area contributed by atoms with Gasteiger partial charge in [-0.1, -0.05) is 0 Å². The number of carbonyl (C=O) groups excluding carboxylic acids is 4. The van der Waals surface area contributed by atoms with Gasteiger partial charge in [-0.15, -0.1) is 0 Å². The minimum Gasteiger partial charge on any atom is -0.489 e. The van der Waals surface area contributed by atoms with E-state index in [0.717, 1.165) is 0 Å². The summed E-state index contributed by atoms with van der Waals surface area (Å²) >= 11 is 0. The predicted molar refractivity (Wildman–Crippen MR) is 131 cm³/mol. The number of primary amides is 1. The topological polar surface area (TPSA) is 128 Å². The van der Waals surface area contributed by atoms with E-state index >= 15 is 0 Å². The summed E-state index contributed by atoms with van der Waals surface area (Å²) in [5.41, 5.74) is 5.56. The first-order valence-corrected chi connectivity index (χ1v) is 12.2. The number of hydrogen-bond acceptors (Lipinski definition) is 7. The Morgan fingerprint density at radius 2 is 1.75 bits per heavy atom. The van der Waals surface area contributed by atoms with E-state index in [4.69, 9.17) is 19.9 Å². The normalized spacial score (nSPS) is 18.6. The maximum Gasteiger partial charge on any atom is 0.410 e. The highest BCUT2D eigenvalue weighted by Gasteiger charge is 2.37. The summed E-state index contributed by atoms with van der Waals surface area (Å²) < 4.78 is 16.8. The summed E-state index contributed by atoms with van der Waals surface area (Å²) in [6.45, 7) is 11.9. The van der Waals surface area contributed by atoms with Gasteiger partial charge in [0.25, 0.3) is 5.91 Å². The van der Waals surface area contributed by atoms with Crippen molar-refractivity contribution in [2.24, 2.45) is 5.73 Å². The first-order valence-electron chi connectivity index (χ1n) is 12.2. The van der Waals surface area contributed by atoms with Crippen LogP contribution in [0.4, 0.5) is 4.79 Å². The summed E-state index contributed by atoms with van der Waals surface area (Å²) in [4.78, 5) is 52.6. The molecule has 0 aromatic heterocycles. The maximum absolute atomic E-state index is 13.0. The van der Waals surface area contributed by atoms with Gasteiger partial charge in [-0.3, -0.25) is 14.4 Å². The summed E-state index contributed by atoms with van der Waals surface area (Å²) in [7, 11) is 0. The largest absolute Gasteiger partial charge is 0.489 e. The Bertz CT molecular complexity index is 1030. The number of benzene rings is 1. The Labute approximate surface area is 212 Å². The predicted octanol–water partition coefficient (Wildman–Crippen LogP) is 3.01. The molecule has 2 aliphatic heterocycles. The molecule has 10 nitrogen and oxygen atoms in total. The number of amides is 3. The van der Waals surface area contributed by atoms with E-state index in [9.17, 15) is 19.2 Å². The Morgan fingerprint density at radius 1 is 1.08 bits per heavy atom. The molecule has 0 radical (unpaired) electrons. The van der Waals surface area contributed by atoms with Crippen LogP contribution in [0, 0.1) is 0 Å². The van der Waals surface area contributed by atoms with Gasteiger partial charge < -0.3 is 29.7 Å². The van der Waals surface area contributed by atoms with Crippen molar-refractivity contribution in [1.29, 1.82) is 0 Å². The molecule has 1 saturated heterocycles. The van der Waals surface area contributed by atoms with Gasteiger partial charge in [0.1, 0.15) is 29.1 Å². The van der Waals surface area contributed by atoms with Gasteiger partial charge in [0.2, 0.25) is 5.91 Å². The zero-order valence-electron chi connectivity index (χ0n) is 22.0. The van der Waals surface area contributed by atoms with E-state index in [0.29, 0.717) is 36.4 Å². The maximum atomic E-state index is 13.0. The summed E-state index contributed by atoms with van der Waals surface area (Å²) in [5, 5.41) is 0. The highest BCUT2D eigenvalue weighted by Crippen LogP contribution is 2.30. The number of nitrogens with zero attached hydrogens (tertiary/aromatic N) is 2. The Morgan fingerprint density at radius 3 is 2.36 bits per heavy atom. The molecule has 198 valence electrons.